The van der Waals surface area contributed by atoms with Gasteiger partial charge in [0.05, 0.1) is 5.92 Å². The van der Waals surface area contributed by atoms with Gasteiger partial charge in [-0.25, -0.2) is 0 Å². The maximum atomic E-state index is 12.3. The van der Waals surface area contributed by atoms with Crippen molar-refractivity contribution in [2.24, 2.45) is 5.92 Å². The average molecular weight is 267 g/mol. The largest absolute Gasteiger partial charge is 0.348 e. The van der Waals surface area contributed by atoms with Crippen molar-refractivity contribution in [1.29, 1.82) is 0 Å². The first kappa shape index (κ1) is 14.8. The van der Waals surface area contributed by atoms with Gasteiger partial charge in [0, 0.05) is 46.3 Å². The molecule has 110 valence electrons. The van der Waals surface area contributed by atoms with Gasteiger partial charge in [0.25, 0.3) is 0 Å². The Labute approximate surface area is 117 Å². The van der Waals surface area contributed by atoms with E-state index in [-0.39, 0.29) is 11.8 Å². The number of rotatable bonds is 2. The first-order valence-electron chi connectivity index (χ1n) is 7.71. The van der Waals surface area contributed by atoms with Gasteiger partial charge in [-0.1, -0.05) is 19.3 Å². The van der Waals surface area contributed by atoms with E-state index in [4.69, 9.17) is 0 Å². The first-order chi connectivity index (χ1) is 9.08. The van der Waals surface area contributed by atoms with Gasteiger partial charge in [-0.05, 0) is 19.9 Å². The smallest absolute Gasteiger partial charge is 0.227 e. The molecule has 1 saturated heterocycles. The monoisotopic (exact) mass is 267 g/mol. The topological polar surface area (TPSA) is 26.8 Å². The highest BCUT2D eigenvalue weighted by Gasteiger charge is 2.31. The van der Waals surface area contributed by atoms with E-state index in [1.54, 1.807) is 4.90 Å². The molecule has 0 unspecified atom stereocenters. The van der Waals surface area contributed by atoms with Gasteiger partial charge in [0.1, 0.15) is 0 Å². The van der Waals surface area contributed by atoms with Crippen molar-refractivity contribution >= 4 is 5.91 Å². The van der Waals surface area contributed by atoms with Crippen molar-refractivity contribution in [3.8, 4) is 0 Å². The van der Waals surface area contributed by atoms with E-state index in [0.717, 1.165) is 32.2 Å². The van der Waals surface area contributed by atoms with Crippen LogP contribution in [0.25, 0.3) is 0 Å². The minimum Gasteiger partial charge on any atom is -0.348 e. The standard InChI is InChI=1S/C15H29N3O/c1-16(2)15(19)13-11-17(3)9-10-18(12-13)14-7-5-4-6-8-14/h13-14H,4-12H2,1-3H3/t13-/m1/s1. The summed E-state index contributed by atoms with van der Waals surface area (Å²) >= 11 is 0. The van der Waals surface area contributed by atoms with E-state index < -0.39 is 0 Å². The molecule has 0 aromatic rings. The van der Waals surface area contributed by atoms with Crippen LogP contribution in [0.15, 0.2) is 0 Å². The lowest BCUT2D eigenvalue weighted by Crippen LogP contribution is -2.44. The number of carbonyl (C=O) groups is 1. The molecule has 1 amide bonds. The van der Waals surface area contributed by atoms with Crippen LogP contribution in [0.5, 0.6) is 0 Å². The van der Waals surface area contributed by atoms with Crippen LogP contribution >= 0.6 is 0 Å². The van der Waals surface area contributed by atoms with Crippen molar-refractivity contribution in [2.45, 2.75) is 38.1 Å². The summed E-state index contributed by atoms with van der Waals surface area (Å²) in [5.74, 6) is 0.430. The van der Waals surface area contributed by atoms with E-state index in [1.807, 2.05) is 14.1 Å². The summed E-state index contributed by atoms with van der Waals surface area (Å²) in [4.78, 5) is 19.0. The molecule has 0 bridgehead atoms. The molecule has 1 aliphatic heterocycles. The van der Waals surface area contributed by atoms with E-state index in [0.29, 0.717) is 0 Å². The molecule has 1 heterocycles. The zero-order chi connectivity index (χ0) is 13.8. The fourth-order valence-electron chi connectivity index (χ4n) is 3.50. The molecule has 0 radical (unpaired) electrons. The number of hydrogen-bond donors (Lipinski definition) is 0. The highest BCUT2D eigenvalue weighted by Crippen LogP contribution is 2.24. The summed E-state index contributed by atoms with van der Waals surface area (Å²) in [6.07, 6.45) is 6.77. The first-order valence-corrected chi connectivity index (χ1v) is 7.71. The van der Waals surface area contributed by atoms with Crippen molar-refractivity contribution < 1.29 is 4.79 Å². The predicted molar refractivity (Wildman–Crippen MR) is 78.1 cm³/mol. The van der Waals surface area contributed by atoms with Crippen molar-refractivity contribution in [2.75, 3.05) is 47.3 Å². The predicted octanol–water partition coefficient (Wildman–Crippen LogP) is 1.27. The minimum atomic E-state index is 0.143. The van der Waals surface area contributed by atoms with E-state index in [2.05, 4.69) is 16.8 Å². The van der Waals surface area contributed by atoms with Gasteiger partial charge in [-0.15, -0.1) is 0 Å². The average Bonchev–Trinajstić information content (AvgIpc) is 2.61. The Morgan fingerprint density at radius 3 is 2.37 bits per heavy atom. The van der Waals surface area contributed by atoms with Crippen LogP contribution in [0.2, 0.25) is 0 Å². The number of amides is 1. The van der Waals surface area contributed by atoms with E-state index >= 15 is 0 Å². The molecule has 4 nitrogen and oxygen atoms in total. The molecule has 0 aromatic heterocycles. The molecule has 1 saturated carbocycles. The summed E-state index contributed by atoms with van der Waals surface area (Å²) in [6.45, 7) is 4.07. The molecule has 0 N–H and O–H groups in total. The lowest BCUT2D eigenvalue weighted by atomic mass is 9.93. The second-order valence-corrected chi connectivity index (χ2v) is 6.48. The Kier molecular flexibility index (Phi) is 5.22. The maximum absolute atomic E-state index is 12.3. The van der Waals surface area contributed by atoms with Crippen LogP contribution in [0.1, 0.15) is 32.1 Å². The molecule has 19 heavy (non-hydrogen) atoms. The fourth-order valence-corrected chi connectivity index (χ4v) is 3.50. The van der Waals surface area contributed by atoms with E-state index in [1.165, 1.54) is 32.1 Å². The van der Waals surface area contributed by atoms with Gasteiger partial charge >= 0.3 is 0 Å². The Hall–Kier alpha value is -0.610. The number of likely N-dealkylation sites (N-methyl/N-ethyl adjacent to an activating group) is 1. The lowest BCUT2D eigenvalue weighted by molar-refractivity contribution is -0.133. The third-order valence-corrected chi connectivity index (χ3v) is 4.64. The highest BCUT2D eigenvalue weighted by molar-refractivity contribution is 5.78. The minimum absolute atomic E-state index is 0.143. The Bertz CT molecular complexity index is 300. The van der Waals surface area contributed by atoms with Gasteiger partial charge in [0.15, 0.2) is 0 Å². The number of hydrogen-bond acceptors (Lipinski definition) is 3. The van der Waals surface area contributed by atoms with Gasteiger partial charge in [-0.2, -0.15) is 0 Å². The Morgan fingerprint density at radius 1 is 1.05 bits per heavy atom. The van der Waals surface area contributed by atoms with Gasteiger partial charge in [-0.3, -0.25) is 9.69 Å². The molecule has 2 rings (SSSR count). The number of nitrogens with zero attached hydrogens (tertiary/aromatic N) is 3. The number of carbonyl (C=O) groups excluding carboxylic acids is 1. The zero-order valence-corrected chi connectivity index (χ0v) is 12.8. The highest BCUT2D eigenvalue weighted by atomic mass is 16.2. The molecular weight excluding hydrogens is 238 g/mol. The summed E-state index contributed by atoms with van der Waals surface area (Å²) in [5.41, 5.74) is 0. The lowest BCUT2D eigenvalue weighted by Gasteiger charge is -2.34. The quantitative estimate of drug-likeness (QED) is 0.754. The second kappa shape index (κ2) is 6.71. The summed E-state index contributed by atoms with van der Waals surface area (Å²) < 4.78 is 0. The Balaban J connectivity index is 2.01. The van der Waals surface area contributed by atoms with Gasteiger partial charge < -0.3 is 9.80 Å². The van der Waals surface area contributed by atoms with Crippen LogP contribution in [-0.4, -0.2) is 74.0 Å². The molecule has 1 atom stereocenters. The van der Waals surface area contributed by atoms with Crippen molar-refractivity contribution in [3.05, 3.63) is 0 Å². The zero-order valence-electron chi connectivity index (χ0n) is 12.8. The van der Waals surface area contributed by atoms with E-state index in [9.17, 15) is 4.79 Å². The second-order valence-electron chi connectivity index (χ2n) is 6.48. The van der Waals surface area contributed by atoms with Crippen LogP contribution in [0.4, 0.5) is 0 Å². The molecule has 4 heteroatoms. The molecule has 1 aliphatic carbocycles. The van der Waals surface area contributed by atoms with Crippen LogP contribution < -0.4 is 0 Å². The normalized spacial score (nSPS) is 28.1. The third kappa shape index (κ3) is 3.93. The summed E-state index contributed by atoms with van der Waals surface area (Å²) in [7, 11) is 5.89. The summed E-state index contributed by atoms with van der Waals surface area (Å²) in [6, 6.07) is 0.720. The summed E-state index contributed by atoms with van der Waals surface area (Å²) in [5, 5.41) is 0. The molecular formula is C15H29N3O. The van der Waals surface area contributed by atoms with Crippen molar-refractivity contribution in [1.82, 2.24) is 14.7 Å². The fraction of sp³-hybridized carbons (Fsp3) is 0.933. The Morgan fingerprint density at radius 2 is 1.74 bits per heavy atom. The molecule has 0 spiro atoms. The molecule has 2 aliphatic rings. The van der Waals surface area contributed by atoms with Gasteiger partial charge in [0.2, 0.25) is 5.91 Å². The third-order valence-electron chi connectivity index (χ3n) is 4.64. The molecule has 2 fully saturated rings. The van der Waals surface area contributed by atoms with Crippen LogP contribution in [0, 0.1) is 5.92 Å². The van der Waals surface area contributed by atoms with Crippen LogP contribution in [0.3, 0.4) is 0 Å². The SMILES string of the molecule is CN1CCN(C2CCCCC2)C[C@H](C(=O)N(C)C)C1. The maximum Gasteiger partial charge on any atom is 0.227 e. The van der Waals surface area contributed by atoms with Crippen molar-refractivity contribution in [3.63, 3.8) is 0 Å². The van der Waals surface area contributed by atoms with Crippen LogP contribution in [-0.2, 0) is 4.79 Å². The molecule has 0 aromatic carbocycles.